The van der Waals surface area contributed by atoms with E-state index in [0.717, 1.165) is 5.56 Å². The summed E-state index contributed by atoms with van der Waals surface area (Å²) in [5.74, 6) is -0.601. The van der Waals surface area contributed by atoms with Gasteiger partial charge >= 0.3 is 0 Å². The molecule has 0 aliphatic heterocycles. The monoisotopic (exact) mass is 148 g/mol. The van der Waals surface area contributed by atoms with Crippen LogP contribution in [0.25, 0.3) is 0 Å². The molecule has 0 N–H and O–H groups in total. The van der Waals surface area contributed by atoms with Crippen molar-refractivity contribution >= 4 is 12.6 Å². The molecular weight excluding hydrogens is 140 g/mol. The molecule has 0 radical (unpaired) electrons. The van der Waals surface area contributed by atoms with Gasteiger partial charge < -0.3 is 9.59 Å². The molecule has 1 aromatic rings. The molecule has 2 nitrogen and oxygen atoms in total. The fourth-order valence-corrected chi connectivity index (χ4v) is 0.864. The second-order valence-electron chi connectivity index (χ2n) is 2.21. The van der Waals surface area contributed by atoms with Crippen molar-refractivity contribution in [2.45, 2.75) is 5.92 Å². The van der Waals surface area contributed by atoms with Gasteiger partial charge in [0.1, 0.15) is 12.6 Å². The molecule has 0 unspecified atom stereocenters. The first-order chi connectivity index (χ1) is 5.38. The SMILES string of the molecule is O=CC(C=O)c1ccccc1. The zero-order valence-corrected chi connectivity index (χ0v) is 5.94. The molecule has 0 saturated heterocycles. The van der Waals surface area contributed by atoms with Crippen molar-refractivity contribution in [1.29, 1.82) is 0 Å². The molecule has 0 aromatic heterocycles. The second kappa shape index (κ2) is 3.66. The highest BCUT2D eigenvalue weighted by Crippen LogP contribution is 2.09. The van der Waals surface area contributed by atoms with Crippen molar-refractivity contribution in [2.75, 3.05) is 0 Å². The molecule has 1 aromatic carbocycles. The molecule has 0 atom stereocenters. The van der Waals surface area contributed by atoms with E-state index in [4.69, 9.17) is 0 Å². The predicted molar refractivity (Wildman–Crippen MR) is 41.3 cm³/mol. The largest absolute Gasteiger partial charge is 0.302 e. The Morgan fingerprint density at radius 1 is 1.00 bits per heavy atom. The van der Waals surface area contributed by atoms with Crippen LogP contribution in [0.1, 0.15) is 11.5 Å². The van der Waals surface area contributed by atoms with Crippen LogP contribution in [0.3, 0.4) is 0 Å². The standard InChI is InChI=1S/C9H8O2/c10-6-9(7-11)8-4-2-1-3-5-8/h1-7,9H. The zero-order chi connectivity index (χ0) is 8.10. The van der Waals surface area contributed by atoms with Gasteiger partial charge in [-0.2, -0.15) is 0 Å². The number of benzene rings is 1. The first-order valence-electron chi connectivity index (χ1n) is 3.34. The number of carbonyl (C=O) groups excluding carboxylic acids is 2. The summed E-state index contributed by atoms with van der Waals surface area (Å²) < 4.78 is 0. The molecular formula is C9H8O2. The van der Waals surface area contributed by atoms with Crippen LogP contribution in [0.4, 0.5) is 0 Å². The average molecular weight is 148 g/mol. The van der Waals surface area contributed by atoms with Gasteiger partial charge in [-0.15, -0.1) is 0 Å². The summed E-state index contributed by atoms with van der Waals surface area (Å²) in [6.45, 7) is 0. The first kappa shape index (κ1) is 7.66. The van der Waals surface area contributed by atoms with Crippen molar-refractivity contribution < 1.29 is 9.59 Å². The number of rotatable bonds is 3. The van der Waals surface area contributed by atoms with E-state index in [1.165, 1.54) is 0 Å². The summed E-state index contributed by atoms with van der Waals surface area (Å²) in [6, 6.07) is 8.96. The van der Waals surface area contributed by atoms with E-state index in [-0.39, 0.29) is 0 Å². The van der Waals surface area contributed by atoms with Gasteiger partial charge in [-0.05, 0) is 5.56 Å². The Morgan fingerprint density at radius 3 is 2.00 bits per heavy atom. The Bertz CT molecular complexity index is 233. The second-order valence-corrected chi connectivity index (χ2v) is 2.21. The third-order valence-corrected chi connectivity index (χ3v) is 1.48. The fourth-order valence-electron chi connectivity index (χ4n) is 0.864. The first-order valence-corrected chi connectivity index (χ1v) is 3.34. The van der Waals surface area contributed by atoms with Crippen molar-refractivity contribution in [2.24, 2.45) is 0 Å². The molecule has 0 aliphatic rings. The fraction of sp³-hybridized carbons (Fsp3) is 0.111. The van der Waals surface area contributed by atoms with Crippen LogP contribution < -0.4 is 0 Å². The van der Waals surface area contributed by atoms with Crippen LogP contribution in [0.5, 0.6) is 0 Å². The minimum Gasteiger partial charge on any atom is -0.302 e. The van der Waals surface area contributed by atoms with E-state index in [9.17, 15) is 9.59 Å². The van der Waals surface area contributed by atoms with E-state index in [1.54, 1.807) is 24.3 Å². The molecule has 0 aliphatic carbocycles. The summed E-state index contributed by atoms with van der Waals surface area (Å²) in [7, 11) is 0. The smallest absolute Gasteiger partial charge is 0.134 e. The molecule has 0 amide bonds. The maximum atomic E-state index is 10.3. The van der Waals surface area contributed by atoms with Crippen LogP contribution in [-0.4, -0.2) is 12.6 Å². The number of carbonyl (C=O) groups is 2. The van der Waals surface area contributed by atoms with Crippen LogP contribution in [0.2, 0.25) is 0 Å². The molecule has 0 fully saturated rings. The Kier molecular flexibility index (Phi) is 2.55. The highest BCUT2D eigenvalue weighted by atomic mass is 16.1. The predicted octanol–water partition coefficient (Wildman–Crippen LogP) is 1.17. The van der Waals surface area contributed by atoms with E-state index in [0.29, 0.717) is 12.6 Å². The van der Waals surface area contributed by atoms with Crippen molar-refractivity contribution in [1.82, 2.24) is 0 Å². The van der Waals surface area contributed by atoms with Gasteiger partial charge in [-0.25, -0.2) is 0 Å². The Balaban J connectivity index is 2.90. The highest BCUT2D eigenvalue weighted by molar-refractivity contribution is 5.84. The lowest BCUT2D eigenvalue weighted by atomic mass is 10.0. The van der Waals surface area contributed by atoms with Gasteiger partial charge in [0.15, 0.2) is 0 Å². The maximum absolute atomic E-state index is 10.3. The van der Waals surface area contributed by atoms with E-state index in [2.05, 4.69) is 0 Å². The lowest BCUT2D eigenvalue weighted by Gasteiger charge is -1.99. The molecule has 11 heavy (non-hydrogen) atoms. The normalized spacial score (nSPS) is 9.55. The van der Waals surface area contributed by atoms with Gasteiger partial charge in [0.05, 0.1) is 5.92 Å². The Morgan fingerprint density at radius 2 is 1.55 bits per heavy atom. The van der Waals surface area contributed by atoms with Crippen LogP contribution in [0, 0.1) is 0 Å². The number of hydrogen-bond donors (Lipinski definition) is 0. The minimum absolute atomic E-state index is 0.601. The molecule has 0 bridgehead atoms. The summed E-state index contributed by atoms with van der Waals surface area (Å²) in [6.07, 6.45) is 1.28. The minimum atomic E-state index is -0.601. The van der Waals surface area contributed by atoms with Crippen LogP contribution in [-0.2, 0) is 9.59 Å². The van der Waals surface area contributed by atoms with Crippen LogP contribution >= 0.6 is 0 Å². The lowest BCUT2D eigenvalue weighted by molar-refractivity contribution is -0.116. The van der Waals surface area contributed by atoms with Crippen molar-refractivity contribution in [3.63, 3.8) is 0 Å². The Labute approximate surface area is 64.8 Å². The highest BCUT2D eigenvalue weighted by Gasteiger charge is 2.06. The van der Waals surface area contributed by atoms with E-state index in [1.807, 2.05) is 6.07 Å². The summed E-state index contributed by atoms with van der Waals surface area (Å²) >= 11 is 0. The van der Waals surface area contributed by atoms with Gasteiger partial charge in [0.2, 0.25) is 0 Å². The number of aldehydes is 2. The zero-order valence-electron chi connectivity index (χ0n) is 5.94. The molecule has 1 rings (SSSR count). The maximum Gasteiger partial charge on any atom is 0.134 e. The lowest BCUT2D eigenvalue weighted by Crippen LogP contribution is -2.00. The third-order valence-electron chi connectivity index (χ3n) is 1.48. The van der Waals surface area contributed by atoms with Crippen molar-refractivity contribution in [3.05, 3.63) is 35.9 Å². The Hall–Kier alpha value is -1.44. The van der Waals surface area contributed by atoms with Gasteiger partial charge in [-0.3, -0.25) is 0 Å². The van der Waals surface area contributed by atoms with Crippen molar-refractivity contribution in [3.8, 4) is 0 Å². The summed E-state index contributed by atoms with van der Waals surface area (Å²) in [5.41, 5.74) is 0.748. The van der Waals surface area contributed by atoms with Crippen LogP contribution in [0.15, 0.2) is 30.3 Å². The molecule has 2 heteroatoms. The summed E-state index contributed by atoms with van der Waals surface area (Å²) in [4.78, 5) is 20.6. The quantitative estimate of drug-likeness (QED) is 0.476. The third kappa shape index (κ3) is 1.74. The van der Waals surface area contributed by atoms with Gasteiger partial charge in [0.25, 0.3) is 0 Å². The van der Waals surface area contributed by atoms with Gasteiger partial charge in [0, 0.05) is 0 Å². The molecule has 56 valence electrons. The average Bonchev–Trinajstić information content (AvgIpc) is 2.09. The summed E-state index contributed by atoms with van der Waals surface area (Å²) in [5, 5.41) is 0. The van der Waals surface area contributed by atoms with E-state index < -0.39 is 5.92 Å². The molecule has 0 saturated carbocycles. The number of hydrogen-bond acceptors (Lipinski definition) is 2. The van der Waals surface area contributed by atoms with Gasteiger partial charge in [-0.1, -0.05) is 30.3 Å². The topological polar surface area (TPSA) is 34.1 Å². The molecule has 0 spiro atoms. The molecule has 0 heterocycles. The van der Waals surface area contributed by atoms with E-state index >= 15 is 0 Å².